The number of ketones is 4. The first kappa shape index (κ1) is 49.7. The molecule has 0 unspecified atom stereocenters. The number of aliphatic hydroxyl groups is 6. The van der Waals surface area contributed by atoms with Crippen molar-refractivity contribution in [2.45, 2.75) is 77.2 Å². The highest BCUT2D eigenvalue weighted by atomic mass is 16.5. The molecule has 2 amide bonds. The fraction of sp³-hybridized carbons (Fsp3) is 0.447. The van der Waals surface area contributed by atoms with Gasteiger partial charge in [-0.25, -0.2) is 0 Å². The average molecular weight is 903 g/mol. The zero-order chi connectivity index (χ0) is 46.4. The van der Waals surface area contributed by atoms with Crippen LogP contribution in [0.4, 0.5) is 0 Å². The van der Waals surface area contributed by atoms with Gasteiger partial charge < -0.3 is 51.9 Å². The fourth-order valence-electron chi connectivity index (χ4n) is 10.7. The van der Waals surface area contributed by atoms with Crippen molar-refractivity contribution in [3.63, 3.8) is 0 Å². The summed E-state index contributed by atoms with van der Waals surface area (Å²) in [7, 11) is 6.30. The van der Waals surface area contributed by atoms with Gasteiger partial charge in [-0.3, -0.25) is 38.6 Å². The Labute approximate surface area is 375 Å². The van der Waals surface area contributed by atoms with Crippen molar-refractivity contribution < 1.29 is 69.2 Å². The molecule has 18 heteroatoms. The average Bonchev–Trinajstić information content (AvgIpc) is 3.19. The standard InChI is InChI=1S/C24H28N2O7.C21H22N2O7.2CH4/c1-4-8-33-14-7-5-6-11-9-12-10-13-18(26(2)3)20(28)17(23(25)31)22(30)24(13,32)21(29)16(12)19(27)15(11)14;1-23(2)15-10-7-9-6-8-4-3-5-11(24)12(8)16(25)13(9)18(27)21(10,30)19(28)14(17(15)26)20(22)29;;/h5-7,12-13,18,27,30,32H,4,8-10H2,1-3H3,(H2,25,31);3-5,9-10,15,24-25,28,30H,6-7H2,1-2H3,(H2,22,29);2*1H4/t12-,13-,18-,24-;9-,10-,15-,21-;;/m00../s1. The second-order valence-corrected chi connectivity index (χ2v) is 17.4. The summed E-state index contributed by atoms with van der Waals surface area (Å²) >= 11 is 0. The Morgan fingerprint density at radius 3 is 1.48 bits per heavy atom. The van der Waals surface area contributed by atoms with E-state index in [2.05, 4.69) is 0 Å². The van der Waals surface area contributed by atoms with Gasteiger partial charge in [0.2, 0.25) is 11.6 Å². The minimum Gasteiger partial charge on any atom is -0.508 e. The molecule has 18 nitrogen and oxygen atoms in total. The van der Waals surface area contributed by atoms with Crippen LogP contribution in [0.2, 0.25) is 0 Å². The van der Waals surface area contributed by atoms with E-state index in [9.17, 15) is 64.5 Å². The molecule has 65 heavy (non-hydrogen) atoms. The topological polar surface area (TPSA) is 312 Å². The zero-order valence-corrected chi connectivity index (χ0v) is 35.2. The van der Waals surface area contributed by atoms with Crippen LogP contribution in [0.3, 0.4) is 0 Å². The summed E-state index contributed by atoms with van der Waals surface area (Å²) in [6.07, 6.45) is 1.65. The van der Waals surface area contributed by atoms with Crippen LogP contribution < -0.4 is 16.2 Å². The van der Waals surface area contributed by atoms with Crippen LogP contribution >= 0.6 is 0 Å². The molecule has 2 aromatic rings. The number of hydrogen-bond acceptors (Lipinski definition) is 16. The first-order valence-electron chi connectivity index (χ1n) is 20.4. The quantitative estimate of drug-likeness (QED) is 0.180. The number of nitrogens with zero attached hydrogens (tertiary/aromatic N) is 2. The van der Waals surface area contributed by atoms with Gasteiger partial charge in [0.15, 0.2) is 22.8 Å². The Morgan fingerprint density at radius 1 is 0.677 bits per heavy atom. The lowest BCUT2D eigenvalue weighted by Crippen LogP contribution is -2.65. The van der Waals surface area contributed by atoms with Gasteiger partial charge in [0.25, 0.3) is 11.8 Å². The van der Waals surface area contributed by atoms with E-state index >= 15 is 0 Å². The Hall–Kier alpha value is -6.34. The summed E-state index contributed by atoms with van der Waals surface area (Å²) in [6.45, 7) is 2.36. The SMILES string of the molecule is C.C.CCCOc1cccc2c1C(O)=C1C(=O)[C@]3(O)C(O)=C(C(N)=O)C(=O)[C@@H](N(C)C)[C@@H]3C[C@@H]1C2.CN(C)[C@@H]1C(=O)C(C(N)=O)=C(O)[C@@]2(O)C(=O)C3=C(O)c4c(O)cccc4C[C@H]3C[C@@H]12. The summed E-state index contributed by atoms with van der Waals surface area (Å²) in [5, 5.41) is 76.7. The molecular formula is C47H58N4O14. The monoisotopic (exact) mass is 902 g/mol. The lowest BCUT2D eigenvalue weighted by Gasteiger charge is -2.50. The normalized spacial score (nSPS) is 29.0. The van der Waals surface area contributed by atoms with Gasteiger partial charge in [0, 0.05) is 23.0 Å². The molecule has 6 aliphatic carbocycles. The molecule has 2 saturated carbocycles. The maximum Gasteiger partial charge on any atom is 0.255 e. The molecule has 0 saturated heterocycles. The van der Waals surface area contributed by atoms with Gasteiger partial charge in [-0.15, -0.1) is 0 Å². The summed E-state index contributed by atoms with van der Waals surface area (Å²) in [5.41, 5.74) is 5.50. The lowest BCUT2D eigenvalue weighted by molar-refractivity contribution is -0.155. The van der Waals surface area contributed by atoms with Crippen LogP contribution in [0.1, 0.15) is 63.3 Å². The maximum atomic E-state index is 13.7. The highest BCUT2D eigenvalue weighted by molar-refractivity contribution is 6.25. The molecule has 11 N–H and O–H groups in total. The number of fused-ring (bicyclic) bond motifs is 6. The van der Waals surface area contributed by atoms with Crippen molar-refractivity contribution in [2.24, 2.45) is 35.1 Å². The van der Waals surface area contributed by atoms with E-state index in [1.54, 1.807) is 46.4 Å². The Bertz CT molecular complexity index is 2540. The largest absolute Gasteiger partial charge is 0.508 e. The number of likely N-dealkylation sites (N-methyl/N-ethyl adjacent to an activating group) is 2. The van der Waals surface area contributed by atoms with Crippen molar-refractivity contribution >= 4 is 46.5 Å². The highest BCUT2D eigenvalue weighted by Crippen LogP contribution is 2.54. The third-order valence-electron chi connectivity index (χ3n) is 13.4. The molecule has 2 aromatic carbocycles. The van der Waals surface area contributed by atoms with Crippen molar-refractivity contribution in [3.8, 4) is 11.5 Å². The van der Waals surface area contributed by atoms with Crippen LogP contribution in [0.5, 0.6) is 11.5 Å². The minimum absolute atomic E-state index is 0. The number of carbonyl (C=O) groups excluding carboxylic acids is 6. The number of aliphatic hydroxyl groups excluding tert-OH is 4. The number of aromatic hydroxyl groups is 1. The van der Waals surface area contributed by atoms with Crippen LogP contribution in [0.15, 0.2) is 70.2 Å². The predicted octanol–water partition coefficient (Wildman–Crippen LogP) is 2.28. The van der Waals surface area contributed by atoms with Crippen LogP contribution in [0, 0.1) is 23.7 Å². The summed E-state index contributed by atoms with van der Waals surface area (Å²) in [6, 6.07) is 7.91. The second-order valence-electron chi connectivity index (χ2n) is 17.4. The smallest absolute Gasteiger partial charge is 0.255 e. The van der Waals surface area contributed by atoms with Gasteiger partial charge >= 0.3 is 0 Å². The Kier molecular flexibility index (Phi) is 13.4. The van der Waals surface area contributed by atoms with Gasteiger partial charge in [-0.2, -0.15) is 0 Å². The van der Waals surface area contributed by atoms with Crippen molar-refractivity contribution in [1.29, 1.82) is 0 Å². The van der Waals surface area contributed by atoms with Crippen molar-refractivity contribution in [2.75, 3.05) is 34.8 Å². The number of hydrogen-bond donors (Lipinski definition) is 9. The van der Waals surface area contributed by atoms with Gasteiger partial charge in [-0.05, 0) is 95.4 Å². The minimum atomic E-state index is -2.60. The first-order valence-corrected chi connectivity index (χ1v) is 20.4. The molecule has 0 spiro atoms. The number of carbonyl (C=O) groups is 6. The van der Waals surface area contributed by atoms with E-state index in [1.807, 2.05) is 19.1 Å². The van der Waals surface area contributed by atoms with E-state index in [4.69, 9.17) is 16.2 Å². The molecule has 6 aliphatic rings. The van der Waals surface area contributed by atoms with Crippen molar-refractivity contribution in [1.82, 2.24) is 9.80 Å². The molecule has 0 radical (unpaired) electrons. The number of Topliss-reactive ketones (excluding diaryl/α,β-unsaturated/α-hetero) is 4. The Balaban J connectivity index is 0.000000238. The lowest BCUT2D eigenvalue weighted by atomic mass is 9.57. The molecular weight excluding hydrogens is 845 g/mol. The van der Waals surface area contributed by atoms with E-state index in [1.165, 1.54) is 15.9 Å². The van der Waals surface area contributed by atoms with E-state index in [-0.39, 0.29) is 55.9 Å². The van der Waals surface area contributed by atoms with Crippen LogP contribution in [0.25, 0.3) is 11.5 Å². The van der Waals surface area contributed by atoms with E-state index < -0.39 is 110 Å². The summed E-state index contributed by atoms with van der Waals surface area (Å²) in [4.78, 5) is 80.0. The summed E-state index contributed by atoms with van der Waals surface area (Å²) < 4.78 is 5.76. The van der Waals surface area contributed by atoms with E-state index in [0.717, 1.165) is 12.0 Å². The highest BCUT2D eigenvalue weighted by Gasteiger charge is 2.65. The number of benzene rings is 2. The van der Waals surface area contributed by atoms with Crippen LogP contribution in [-0.2, 0) is 41.6 Å². The Morgan fingerprint density at radius 2 is 1.08 bits per heavy atom. The molecule has 8 rings (SSSR count). The number of nitrogens with two attached hydrogens (primary N) is 2. The number of phenols is 1. The summed E-state index contributed by atoms with van der Waals surface area (Å²) in [5.74, 6) is -11.8. The number of primary amides is 2. The van der Waals surface area contributed by atoms with Gasteiger partial charge in [0.1, 0.15) is 45.7 Å². The molecule has 2 fully saturated rings. The first-order chi connectivity index (χ1) is 29.6. The third-order valence-corrected chi connectivity index (χ3v) is 13.4. The zero-order valence-electron chi connectivity index (χ0n) is 35.2. The number of rotatable bonds is 7. The maximum absolute atomic E-state index is 13.7. The molecule has 8 atom stereocenters. The van der Waals surface area contributed by atoms with Crippen LogP contribution in [-0.4, -0.2) is 139 Å². The molecule has 350 valence electrons. The second kappa shape index (κ2) is 17.6. The molecule has 0 aromatic heterocycles. The predicted molar refractivity (Wildman–Crippen MR) is 236 cm³/mol. The molecule has 0 aliphatic heterocycles. The fourth-order valence-corrected chi connectivity index (χ4v) is 10.7. The number of phenolic OH excluding ortho intramolecular Hbond substituents is 1. The third kappa shape index (κ3) is 7.19. The van der Waals surface area contributed by atoms with Crippen molar-refractivity contribution in [3.05, 3.63) is 92.5 Å². The number of amides is 2. The number of ether oxygens (including phenoxy) is 1. The molecule has 0 heterocycles. The molecule has 0 bridgehead atoms. The van der Waals surface area contributed by atoms with Gasteiger partial charge in [0.05, 0.1) is 29.8 Å². The van der Waals surface area contributed by atoms with Gasteiger partial charge in [-0.1, -0.05) is 46.0 Å². The van der Waals surface area contributed by atoms with E-state index in [0.29, 0.717) is 36.3 Å².